The molecule has 0 unspecified atom stereocenters. The van der Waals surface area contributed by atoms with Gasteiger partial charge in [-0.1, -0.05) is 24.3 Å². The van der Waals surface area contributed by atoms with Gasteiger partial charge in [0.15, 0.2) is 0 Å². The molecule has 2 aromatic rings. The third kappa shape index (κ3) is 2.43. The summed E-state index contributed by atoms with van der Waals surface area (Å²) in [6, 6.07) is 12.0. The molecule has 0 saturated heterocycles. The summed E-state index contributed by atoms with van der Waals surface area (Å²) in [4.78, 5) is 13.6. The van der Waals surface area contributed by atoms with Crippen molar-refractivity contribution in [3.05, 3.63) is 57.8 Å². The molecule has 0 radical (unpaired) electrons. The SMILES string of the molecule is Cc1ccccc1C(=O)NCC1(c2cccs2)CC1. The topological polar surface area (TPSA) is 29.1 Å². The molecule has 3 rings (SSSR count). The summed E-state index contributed by atoms with van der Waals surface area (Å²) in [6.07, 6.45) is 2.36. The quantitative estimate of drug-likeness (QED) is 0.905. The molecular formula is C16H17NOS. The van der Waals surface area contributed by atoms with Crippen molar-refractivity contribution in [1.29, 1.82) is 0 Å². The van der Waals surface area contributed by atoms with Crippen molar-refractivity contribution in [2.75, 3.05) is 6.54 Å². The molecule has 3 heteroatoms. The Labute approximate surface area is 117 Å². The van der Waals surface area contributed by atoms with Crippen molar-refractivity contribution < 1.29 is 4.79 Å². The lowest BCUT2D eigenvalue weighted by Crippen LogP contribution is -2.32. The number of benzene rings is 1. The highest BCUT2D eigenvalue weighted by Gasteiger charge is 2.45. The van der Waals surface area contributed by atoms with Crippen molar-refractivity contribution in [2.45, 2.75) is 25.2 Å². The van der Waals surface area contributed by atoms with Crippen LogP contribution in [-0.4, -0.2) is 12.5 Å². The van der Waals surface area contributed by atoms with Gasteiger partial charge in [-0.3, -0.25) is 4.79 Å². The predicted molar refractivity (Wildman–Crippen MR) is 78.7 cm³/mol. The highest BCUT2D eigenvalue weighted by molar-refractivity contribution is 7.10. The van der Waals surface area contributed by atoms with Crippen LogP contribution in [-0.2, 0) is 5.41 Å². The minimum Gasteiger partial charge on any atom is -0.351 e. The number of carbonyl (C=O) groups is 1. The van der Waals surface area contributed by atoms with E-state index < -0.39 is 0 Å². The Morgan fingerprint density at radius 3 is 2.68 bits per heavy atom. The van der Waals surface area contributed by atoms with Crippen LogP contribution < -0.4 is 5.32 Å². The van der Waals surface area contributed by atoms with E-state index in [9.17, 15) is 4.79 Å². The molecular weight excluding hydrogens is 254 g/mol. The largest absolute Gasteiger partial charge is 0.351 e. The molecule has 1 fully saturated rings. The van der Waals surface area contributed by atoms with Crippen molar-refractivity contribution in [1.82, 2.24) is 5.32 Å². The summed E-state index contributed by atoms with van der Waals surface area (Å²) in [7, 11) is 0. The maximum atomic E-state index is 12.2. The number of nitrogens with one attached hydrogen (secondary N) is 1. The molecule has 98 valence electrons. The van der Waals surface area contributed by atoms with E-state index in [0.717, 1.165) is 17.7 Å². The summed E-state index contributed by atoms with van der Waals surface area (Å²) >= 11 is 1.79. The van der Waals surface area contributed by atoms with Gasteiger partial charge in [0, 0.05) is 22.4 Å². The molecule has 1 amide bonds. The Bertz CT molecular complexity index is 585. The average Bonchev–Trinajstić information content (AvgIpc) is 3.00. The Morgan fingerprint density at radius 2 is 2.05 bits per heavy atom. The second-order valence-electron chi connectivity index (χ2n) is 5.26. The van der Waals surface area contributed by atoms with Gasteiger partial charge in [-0.05, 0) is 42.8 Å². The molecule has 0 spiro atoms. The van der Waals surface area contributed by atoms with Crippen molar-refractivity contribution in [3.8, 4) is 0 Å². The number of rotatable bonds is 4. The Balaban J connectivity index is 1.68. The Hall–Kier alpha value is -1.61. The number of thiophene rings is 1. The number of amides is 1. The molecule has 1 saturated carbocycles. The number of hydrogen-bond acceptors (Lipinski definition) is 2. The maximum absolute atomic E-state index is 12.2. The number of hydrogen-bond donors (Lipinski definition) is 1. The summed E-state index contributed by atoms with van der Waals surface area (Å²) < 4.78 is 0. The zero-order valence-electron chi connectivity index (χ0n) is 11.0. The zero-order valence-corrected chi connectivity index (χ0v) is 11.8. The van der Waals surface area contributed by atoms with Crippen molar-refractivity contribution >= 4 is 17.2 Å². The lowest BCUT2D eigenvalue weighted by atomic mass is 10.0. The van der Waals surface area contributed by atoms with Gasteiger partial charge < -0.3 is 5.32 Å². The zero-order chi connectivity index (χ0) is 13.3. The molecule has 1 N–H and O–H groups in total. The first-order chi connectivity index (χ1) is 9.21. The Kier molecular flexibility index (Phi) is 3.15. The summed E-state index contributed by atoms with van der Waals surface area (Å²) in [5.41, 5.74) is 2.03. The van der Waals surface area contributed by atoms with E-state index in [0.29, 0.717) is 0 Å². The summed E-state index contributed by atoms with van der Waals surface area (Å²) in [5.74, 6) is 0.0425. The van der Waals surface area contributed by atoms with Gasteiger partial charge in [0.25, 0.3) is 5.91 Å². The molecule has 1 heterocycles. The first-order valence-corrected chi connectivity index (χ1v) is 7.47. The molecule has 1 aliphatic carbocycles. The average molecular weight is 271 g/mol. The lowest BCUT2D eigenvalue weighted by Gasteiger charge is -2.15. The second-order valence-corrected chi connectivity index (χ2v) is 6.20. The molecule has 1 aromatic heterocycles. The van der Waals surface area contributed by atoms with Gasteiger partial charge in [0.2, 0.25) is 0 Å². The van der Waals surface area contributed by atoms with E-state index in [-0.39, 0.29) is 11.3 Å². The molecule has 0 aliphatic heterocycles. The molecule has 0 atom stereocenters. The van der Waals surface area contributed by atoms with Crippen LogP contribution in [0.25, 0.3) is 0 Å². The highest BCUT2D eigenvalue weighted by atomic mass is 32.1. The van der Waals surface area contributed by atoms with Crippen LogP contribution in [0.1, 0.15) is 33.6 Å². The van der Waals surface area contributed by atoms with Crippen LogP contribution in [0, 0.1) is 6.92 Å². The predicted octanol–water partition coefficient (Wildman–Crippen LogP) is 3.52. The minimum absolute atomic E-state index is 0.0425. The third-order valence-electron chi connectivity index (χ3n) is 3.87. The fourth-order valence-electron chi connectivity index (χ4n) is 2.41. The molecule has 2 nitrogen and oxygen atoms in total. The minimum atomic E-state index is 0.0425. The number of aryl methyl sites for hydroxylation is 1. The van der Waals surface area contributed by atoms with Crippen LogP contribution in [0.4, 0.5) is 0 Å². The molecule has 19 heavy (non-hydrogen) atoms. The highest BCUT2D eigenvalue weighted by Crippen LogP contribution is 2.49. The van der Waals surface area contributed by atoms with Crippen molar-refractivity contribution in [3.63, 3.8) is 0 Å². The van der Waals surface area contributed by atoms with E-state index >= 15 is 0 Å². The normalized spacial score (nSPS) is 16.1. The van der Waals surface area contributed by atoms with E-state index in [2.05, 4.69) is 22.8 Å². The Morgan fingerprint density at radius 1 is 1.26 bits per heavy atom. The lowest BCUT2D eigenvalue weighted by molar-refractivity contribution is 0.0949. The van der Waals surface area contributed by atoms with Gasteiger partial charge in [0.05, 0.1) is 0 Å². The van der Waals surface area contributed by atoms with Gasteiger partial charge in [-0.2, -0.15) is 0 Å². The smallest absolute Gasteiger partial charge is 0.251 e. The second kappa shape index (κ2) is 4.82. The third-order valence-corrected chi connectivity index (χ3v) is 4.99. The van der Waals surface area contributed by atoms with Crippen molar-refractivity contribution in [2.24, 2.45) is 0 Å². The first-order valence-electron chi connectivity index (χ1n) is 6.59. The van der Waals surface area contributed by atoms with Crippen LogP contribution >= 0.6 is 11.3 Å². The fraction of sp³-hybridized carbons (Fsp3) is 0.312. The van der Waals surface area contributed by atoms with E-state index in [1.165, 1.54) is 17.7 Å². The van der Waals surface area contributed by atoms with E-state index in [1.54, 1.807) is 11.3 Å². The summed E-state index contributed by atoms with van der Waals surface area (Å²) in [5, 5.41) is 5.21. The van der Waals surface area contributed by atoms with Crippen LogP contribution in [0.3, 0.4) is 0 Å². The van der Waals surface area contributed by atoms with Crippen LogP contribution in [0.5, 0.6) is 0 Å². The number of carbonyl (C=O) groups excluding carboxylic acids is 1. The summed E-state index contributed by atoms with van der Waals surface area (Å²) in [6.45, 7) is 2.72. The van der Waals surface area contributed by atoms with Gasteiger partial charge in [-0.15, -0.1) is 11.3 Å². The van der Waals surface area contributed by atoms with E-state index in [1.807, 2.05) is 31.2 Å². The van der Waals surface area contributed by atoms with Gasteiger partial charge in [-0.25, -0.2) is 0 Å². The molecule has 0 bridgehead atoms. The van der Waals surface area contributed by atoms with Crippen LogP contribution in [0.2, 0.25) is 0 Å². The van der Waals surface area contributed by atoms with Gasteiger partial charge in [0.1, 0.15) is 0 Å². The molecule has 1 aromatic carbocycles. The van der Waals surface area contributed by atoms with Gasteiger partial charge >= 0.3 is 0 Å². The monoisotopic (exact) mass is 271 g/mol. The van der Waals surface area contributed by atoms with E-state index in [4.69, 9.17) is 0 Å². The molecule has 1 aliphatic rings. The fourth-order valence-corrected chi connectivity index (χ4v) is 3.40. The van der Waals surface area contributed by atoms with Crippen LogP contribution in [0.15, 0.2) is 41.8 Å². The maximum Gasteiger partial charge on any atom is 0.251 e. The standard InChI is InChI=1S/C16H17NOS/c1-12-5-2-3-6-13(12)15(18)17-11-16(8-9-16)14-7-4-10-19-14/h2-7,10H,8-9,11H2,1H3,(H,17,18). The first kappa shape index (κ1) is 12.4.